The van der Waals surface area contributed by atoms with Gasteiger partial charge >= 0.3 is 12.0 Å². The molecule has 2 N–H and O–H groups in total. The number of carboxylic acids is 1. The first kappa shape index (κ1) is 14.4. The van der Waals surface area contributed by atoms with E-state index in [0.717, 1.165) is 10.7 Å². The molecule has 1 heterocycles. The predicted octanol–water partition coefficient (Wildman–Crippen LogP) is 1.46. The molecular weight excluding hydrogens is 254 g/mol. The summed E-state index contributed by atoms with van der Waals surface area (Å²) in [7, 11) is 1.65. The van der Waals surface area contributed by atoms with Gasteiger partial charge in [-0.15, -0.1) is 11.3 Å². The number of aromatic nitrogens is 1. The Bertz CT molecular complexity index is 433. The Labute approximate surface area is 110 Å². The number of rotatable bonds is 5. The zero-order chi connectivity index (χ0) is 13.7. The molecule has 0 aliphatic heterocycles. The number of nitrogens with zero attached hydrogens (tertiary/aromatic N) is 2. The van der Waals surface area contributed by atoms with E-state index in [1.54, 1.807) is 14.0 Å². The normalized spacial score (nSPS) is 11.9. The second-order valence-electron chi connectivity index (χ2n) is 4.16. The van der Waals surface area contributed by atoms with Crippen LogP contribution >= 0.6 is 11.3 Å². The molecule has 100 valence electrons. The molecule has 1 atom stereocenters. The maximum Gasteiger partial charge on any atom is 0.317 e. The molecule has 1 aromatic heterocycles. The van der Waals surface area contributed by atoms with E-state index >= 15 is 0 Å². The number of amides is 2. The fraction of sp³-hybridized carbons (Fsp3) is 0.545. The third-order valence-electron chi connectivity index (χ3n) is 2.26. The van der Waals surface area contributed by atoms with Crippen LogP contribution in [-0.4, -0.2) is 40.1 Å². The quantitative estimate of drug-likeness (QED) is 0.849. The highest BCUT2D eigenvalue weighted by molar-refractivity contribution is 7.09. The number of carbonyl (C=O) groups excluding carboxylic acids is 1. The molecular formula is C11H17N3O3S. The second-order valence-corrected chi connectivity index (χ2v) is 5.22. The highest BCUT2D eigenvalue weighted by Crippen LogP contribution is 2.09. The van der Waals surface area contributed by atoms with Crippen LogP contribution in [0.15, 0.2) is 5.38 Å². The minimum Gasteiger partial charge on any atom is -0.481 e. The van der Waals surface area contributed by atoms with Crippen molar-refractivity contribution in [3.63, 3.8) is 0 Å². The van der Waals surface area contributed by atoms with Gasteiger partial charge in [-0.05, 0) is 13.8 Å². The van der Waals surface area contributed by atoms with E-state index in [9.17, 15) is 9.59 Å². The fourth-order valence-electron chi connectivity index (χ4n) is 1.43. The van der Waals surface area contributed by atoms with E-state index in [-0.39, 0.29) is 12.5 Å². The average Bonchev–Trinajstić information content (AvgIpc) is 2.62. The molecule has 0 aliphatic carbocycles. The molecule has 0 fully saturated rings. The van der Waals surface area contributed by atoms with Gasteiger partial charge in [-0.25, -0.2) is 9.78 Å². The van der Waals surface area contributed by atoms with E-state index in [1.165, 1.54) is 16.2 Å². The molecule has 18 heavy (non-hydrogen) atoms. The molecule has 0 saturated heterocycles. The van der Waals surface area contributed by atoms with Gasteiger partial charge in [0, 0.05) is 18.5 Å². The summed E-state index contributed by atoms with van der Waals surface area (Å²) in [5.41, 5.74) is 0.834. The third-order valence-corrected chi connectivity index (χ3v) is 3.09. The van der Waals surface area contributed by atoms with Crippen molar-refractivity contribution < 1.29 is 14.7 Å². The first-order valence-electron chi connectivity index (χ1n) is 5.53. The summed E-state index contributed by atoms with van der Waals surface area (Å²) in [6, 6.07) is -0.691. The lowest BCUT2D eigenvalue weighted by Gasteiger charge is -2.19. The Morgan fingerprint density at radius 1 is 1.61 bits per heavy atom. The van der Waals surface area contributed by atoms with Crippen LogP contribution in [0.1, 0.15) is 24.0 Å². The predicted molar refractivity (Wildman–Crippen MR) is 68.6 cm³/mol. The number of carbonyl (C=O) groups is 2. The lowest BCUT2D eigenvalue weighted by molar-refractivity contribution is -0.137. The zero-order valence-electron chi connectivity index (χ0n) is 10.6. The summed E-state index contributed by atoms with van der Waals surface area (Å²) in [4.78, 5) is 28.0. The van der Waals surface area contributed by atoms with Gasteiger partial charge in [-0.1, -0.05) is 0 Å². The number of carboxylic acid groups (broad SMARTS) is 1. The first-order chi connectivity index (χ1) is 8.38. The average molecular weight is 271 g/mol. The highest BCUT2D eigenvalue weighted by atomic mass is 32.1. The Balaban J connectivity index is 2.44. The molecule has 1 unspecified atom stereocenters. The SMILES string of the molecule is Cc1nc(CN(C)C(=O)NC(C)CC(=O)O)cs1. The van der Waals surface area contributed by atoms with Crippen molar-refractivity contribution in [2.24, 2.45) is 0 Å². The minimum absolute atomic E-state index is 0.0879. The summed E-state index contributed by atoms with van der Waals surface area (Å²) in [5, 5.41) is 14.1. The maximum absolute atomic E-state index is 11.7. The van der Waals surface area contributed by atoms with Gasteiger partial charge in [0.25, 0.3) is 0 Å². The van der Waals surface area contributed by atoms with Crippen LogP contribution in [0.4, 0.5) is 4.79 Å². The Morgan fingerprint density at radius 3 is 2.78 bits per heavy atom. The number of hydrogen-bond acceptors (Lipinski definition) is 4. The summed E-state index contributed by atoms with van der Waals surface area (Å²) in [5.74, 6) is -0.930. The first-order valence-corrected chi connectivity index (χ1v) is 6.41. The van der Waals surface area contributed by atoms with Crippen molar-refractivity contribution >= 4 is 23.3 Å². The number of hydrogen-bond donors (Lipinski definition) is 2. The van der Waals surface area contributed by atoms with Crippen molar-refractivity contribution in [3.8, 4) is 0 Å². The molecule has 0 aliphatic rings. The van der Waals surface area contributed by atoms with Crippen molar-refractivity contribution in [2.45, 2.75) is 32.9 Å². The van der Waals surface area contributed by atoms with E-state index in [4.69, 9.17) is 5.11 Å². The smallest absolute Gasteiger partial charge is 0.317 e. The molecule has 0 radical (unpaired) electrons. The topological polar surface area (TPSA) is 82.5 Å². The highest BCUT2D eigenvalue weighted by Gasteiger charge is 2.15. The number of aliphatic carboxylic acids is 1. The number of urea groups is 1. The van der Waals surface area contributed by atoms with Crippen LogP contribution in [0.5, 0.6) is 0 Å². The fourth-order valence-corrected chi connectivity index (χ4v) is 2.03. The molecule has 2 amide bonds. The van der Waals surface area contributed by atoms with Gasteiger partial charge < -0.3 is 15.3 Å². The van der Waals surface area contributed by atoms with E-state index < -0.39 is 12.0 Å². The van der Waals surface area contributed by atoms with E-state index in [2.05, 4.69) is 10.3 Å². The van der Waals surface area contributed by atoms with Gasteiger partial charge in [-0.2, -0.15) is 0 Å². The lowest BCUT2D eigenvalue weighted by atomic mass is 10.2. The van der Waals surface area contributed by atoms with Crippen LogP contribution < -0.4 is 5.32 Å². The Hall–Kier alpha value is -1.63. The molecule has 0 saturated carbocycles. The molecule has 0 aromatic carbocycles. The van der Waals surface area contributed by atoms with Crippen molar-refractivity contribution in [1.82, 2.24) is 15.2 Å². The van der Waals surface area contributed by atoms with Gasteiger partial charge in [0.15, 0.2) is 0 Å². The monoisotopic (exact) mass is 271 g/mol. The standard InChI is InChI=1S/C11H17N3O3S/c1-7(4-10(15)16)12-11(17)14(3)5-9-6-18-8(2)13-9/h6-7H,4-5H2,1-3H3,(H,12,17)(H,15,16). The Morgan fingerprint density at radius 2 is 2.28 bits per heavy atom. The van der Waals surface area contributed by atoms with E-state index in [1.807, 2.05) is 12.3 Å². The van der Waals surface area contributed by atoms with Crippen molar-refractivity contribution in [3.05, 3.63) is 16.1 Å². The maximum atomic E-state index is 11.7. The Kier molecular flexibility index (Phi) is 5.08. The second kappa shape index (κ2) is 6.34. The van der Waals surface area contributed by atoms with Crippen LogP contribution in [0, 0.1) is 6.92 Å². The third kappa shape index (κ3) is 4.70. The molecule has 1 aromatic rings. The van der Waals surface area contributed by atoms with Crippen LogP contribution in [0.2, 0.25) is 0 Å². The molecule has 1 rings (SSSR count). The summed E-state index contributed by atoms with van der Waals surface area (Å²) >= 11 is 1.53. The zero-order valence-corrected chi connectivity index (χ0v) is 11.5. The van der Waals surface area contributed by atoms with Gasteiger partial charge in [0.2, 0.25) is 0 Å². The van der Waals surface area contributed by atoms with Crippen molar-refractivity contribution in [1.29, 1.82) is 0 Å². The van der Waals surface area contributed by atoms with E-state index in [0.29, 0.717) is 6.54 Å². The molecule has 6 nitrogen and oxygen atoms in total. The number of thiazole rings is 1. The van der Waals surface area contributed by atoms with Crippen LogP contribution in [-0.2, 0) is 11.3 Å². The summed E-state index contributed by atoms with van der Waals surface area (Å²) < 4.78 is 0. The van der Waals surface area contributed by atoms with Gasteiger partial charge in [-0.3, -0.25) is 4.79 Å². The minimum atomic E-state index is -0.930. The van der Waals surface area contributed by atoms with Gasteiger partial charge in [0.05, 0.1) is 23.7 Å². The summed E-state index contributed by atoms with van der Waals surface area (Å²) in [6.07, 6.45) is -0.0879. The number of aryl methyl sites for hydroxylation is 1. The van der Waals surface area contributed by atoms with Gasteiger partial charge in [0.1, 0.15) is 0 Å². The van der Waals surface area contributed by atoms with Crippen molar-refractivity contribution in [2.75, 3.05) is 7.05 Å². The van der Waals surface area contributed by atoms with Crippen LogP contribution in [0.25, 0.3) is 0 Å². The number of nitrogens with one attached hydrogen (secondary N) is 1. The molecule has 0 spiro atoms. The van der Waals surface area contributed by atoms with Crippen LogP contribution in [0.3, 0.4) is 0 Å². The largest absolute Gasteiger partial charge is 0.481 e. The lowest BCUT2D eigenvalue weighted by Crippen LogP contribution is -2.42. The summed E-state index contributed by atoms with van der Waals surface area (Å²) in [6.45, 7) is 3.98. The molecule has 7 heteroatoms. The molecule has 0 bridgehead atoms.